The highest BCUT2D eigenvalue weighted by Crippen LogP contribution is 2.31. The Kier molecular flexibility index (Phi) is 2.94. The maximum absolute atomic E-state index is 5.91. The van der Waals surface area contributed by atoms with Gasteiger partial charge in [-0.1, -0.05) is 13.8 Å². The fourth-order valence-electron chi connectivity index (χ4n) is 1.99. The SMILES string of the molecule is Cc1ccnc(OC2CCC2)c1C(C)C. The van der Waals surface area contributed by atoms with Crippen LogP contribution in [-0.2, 0) is 0 Å². The van der Waals surface area contributed by atoms with E-state index in [1.165, 1.54) is 30.4 Å². The van der Waals surface area contributed by atoms with Gasteiger partial charge in [0.2, 0.25) is 5.88 Å². The zero-order valence-corrected chi connectivity index (χ0v) is 9.79. The third-order valence-electron chi connectivity index (χ3n) is 3.08. The van der Waals surface area contributed by atoms with Crippen molar-refractivity contribution in [2.24, 2.45) is 0 Å². The molecule has 1 aliphatic rings. The molecule has 0 amide bonds. The highest BCUT2D eigenvalue weighted by Gasteiger charge is 2.22. The second kappa shape index (κ2) is 4.21. The Morgan fingerprint density at radius 1 is 1.40 bits per heavy atom. The van der Waals surface area contributed by atoms with E-state index < -0.39 is 0 Å². The number of aromatic nitrogens is 1. The first-order valence-corrected chi connectivity index (χ1v) is 5.80. The summed E-state index contributed by atoms with van der Waals surface area (Å²) in [4.78, 5) is 4.36. The van der Waals surface area contributed by atoms with Gasteiger partial charge >= 0.3 is 0 Å². The molecule has 2 heteroatoms. The van der Waals surface area contributed by atoms with E-state index in [4.69, 9.17) is 4.74 Å². The number of nitrogens with zero attached hydrogens (tertiary/aromatic N) is 1. The van der Waals surface area contributed by atoms with Crippen molar-refractivity contribution >= 4 is 0 Å². The van der Waals surface area contributed by atoms with E-state index in [0.717, 1.165) is 5.88 Å². The number of rotatable bonds is 3. The number of hydrogen-bond acceptors (Lipinski definition) is 2. The first-order valence-electron chi connectivity index (χ1n) is 5.80. The molecule has 1 aromatic heterocycles. The highest BCUT2D eigenvalue weighted by atomic mass is 16.5. The van der Waals surface area contributed by atoms with Gasteiger partial charge in [-0.2, -0.15) is 0 Å². The second-order valence-electron chi connectivity index (χ2n) is 4.67. The minimum Gasteiger partial charge on any atom is -0.474 e. The van der Waals surface area contributed by atoms with Crippen molar-refractivity contribution in [1.82, 2.24) is 4.98 Å². The van der Waals surface area contributed by atoms with E-state index in [0.29, 0.717) is 12.0 Å². The molecule has 0 spiro atoms. The van der Waals surface area contributed by atoms with Gasteiger partial charge in [-0.15, -0.1) is 0 Å². The first kappa shape index (κ1) is 10.5. The maximum atomic E-state index is 5.91. The van der Waals surface area contributed by atoms with Crippen LogP contribution in [0.1, 0.15) is 50.2 Å². The van der Waals surface area contributed by atoms with Gasteiger partial charge in [0.05, 0.1) is 0 Å². The molecule has 0 unspecified atom stereocenters. The molecule has 0 aliphatic heterocycles. The van der Waals surface area contributed by atoms with Crippen LogP contribution in [0.15, 0.2) is 12.3 Å². The predicted molar refractivity (Wildman–Crippen MR) is 61.3 cm³/mol. The smallest absolute Gasteiger partial charge is 0.217 e. The van der Waals surface area contributed by atoms with Crippen LogP contribution < -0.4 is 4.74 Å². The summed E-state index contributed by atoms with van der Waals surface area (Å²) in [5.74, 6) is 1.34. The molecule has 15 heavy (non-hydrogen) atoms. The number of aryl methyl sites for hydroxylation is 1. The lowest BCUT2D eigenvalue weighted by molar-refractivity contribution is 0.113. The van der Waals surface area contributed by atoms with Gasteiger partial charge < -0.3 is 4.74 Å². The number of pyridine rings is 1. The minimum atomic E-state index is 0.414. The Bertz CT molecular complexity index is 342. The Hall–Kier alpha value is -1.05. The Morgan fingerprint density at radius 3 is 2.67 bits per heavy atom. The van der Waals surface area contributed by atoms with Crippen molar-refractivity contribution in [3.05, 3.63) is 23.4 Å². The molecule has 0 N–H and O–H groups in total. The van der Waals surface area contributed by atoms with Gasteiger partial charge in [-0.3, -0.25) is 0 Å². The molecule has 82 valence electrons. The molecule has 1 fully saturated rings. The van der Waals surface area contributed by atoms with E-state index >= 15 is 0 Å². The summed E-state index contributed by atoms with van der Waals surface area (Å²) >= 11 is 0. The molecule has 1 heterocycles. The van der Waals surface area contributed by atoms with Gasteiger partial charge in [-0.25, -0.2) is 4.98 Å². The van der Waals surface area contributed by atoms with E-state index in [9.17, 15) is 0 Å². The predicted octanol–water partition coefficient (Wildman–Crippen LogP) is 3.44. The molecule has 0 atom stereocenters. The van der Waals surface area contributed by atoms with E-state index in [1.807, 2.05) is 6.20 Å². The topological polar surface area (TPSA) is 22.1 Å². The lowest BCUT2D eigenvalue weighted by Gasteiger charge is -2.27. The molecule has 0 radical (unpaired) electrons. The van der Waals surface area contributed by atoms with Crippen LogP contribution in [0.3, 0.4) is 0 Å². The van der Waals surface area contributed by atoms with E-state index in [2.05, 4.69) is 31.8 Å². The summed E-state index contributed by atoms with van der Waals surface area (Å²) in [5.41, 5.74) is 2.55. The average molecular weight is 205 g/mol. The van der Waals surface area contributed by atoms with Crippen LogP contribution >= 0.6 is 0 Å². The molecule has 0 saturated heterocycles. The van der Waals surface area contributed by atoms with Crippen LogP contribution in [0.5, 0.6) is 5.88 Å². The van der Waals surface area contributed by atoms with Gasteiger partial charge in [-0.05, 0) is 43.7 Å². The number of hydrogen-bond donors (Lipinski definition) is 0. The lowest BCUT2D eigenvalue weighted by Crippen LogP contribution is -2.25. The summed E-state index contributed by atoms with van der Waals surface area (Å²) in [6.45, 7) is 6.51. The Balaban J connectivity index is 2.23. The van der Waals surface area contributed by atoms with Crippen molar-refractivity contribution in [2.45, 2.75) is 52.1 Å². The van der Waals surface area contributed by atoms with Crippen LogP contribution in [0, 0.1) is 6.92 Å². The van der Waals surface area contributed by atoms with Crippen molar-refractivity contribution in [3.63, 3.8) is 0 Å². The molecule has 1 aromatic rings. The van der Waals surface area contributed by atoms with Gasteiger partial charge in [0, 0.05) is 11.8 Å². The summed E-state index contributed by atoms with van der Waals surface area (Å²) in [6.07, 6.45) is 5.93. The van der Waals surface area contributed by atoms with Gasteiger partial charge in [0.1, 0.15) is 6.10 Å². The van der Waals surface area contributed by atoms with Crippen LogP contribution in [0.25, 0.3) is 0 Å². The quantitative estimate of drug-likeness (QED) is 0.754. The second-order valence-corrected chi connectivity index (χ2v) is 4.67. The third-order valence-corrected chi connectivity index (χ3v) is 3.08. The lowest BCUT2D eigenvalue weighted by atomic mass is 9.95. The van der Waals surface area contributed by atoms with Crippen molar-refractivity contribution in [2.75, 3.05) is 0 Å². The molecule has 2 rings (SSSR count). The largest absolute Gasteiger partial charge is 0.474 e. The normalized spacial score (nSPS) is 16.5. The molecular weight excluding hydrogens is 186 g/mol. The third kappa shape index (κ3) is 2.14. The summed E-state index contributed by atoms with van der Waals surface area (Å²) in [6, 6.07) is 2.06. The average Bonchev–Trinajstić information content (AvgIpc) is 2.10. The standard InChI is InChI=1S/C13H19NO/c1-9(2)12-10(3)7-8-14-13(12)15-11-5-4-6-11/h7-9,11H,4-6H2,1-3H3. The zero-order valence-electron chi connectivity index (χ0n) is 9.79. The number of ether oxygens (including phenoxy) is 1. The van der Waals surface area contributed by atoms with E-state index in [-0.39, 0.29) is 0 Å². The minimum absolute atomic E-state index is 0.414. The zero-order chi connectivity index (χ0) is 10.8. The van der Waals surface area contributed by atoms with Crippen LogP contribution in [-0.4, -0.2) is 11.1 Å². The van der Waals surface area contributed by atoms with Gasteiger partial charge in [0.15, 0.2) is 0 Å². The van der Waals surface area contributed by atoms with Crippen LogP contribution in [0.4, 0.5) is 0 Å². The summed E-state index contributed by atoms with van der Waals surface area (Å²) in [5, 5.41) is 0. The molecule has 0 bridgehead atoms. The van der Waals surface area contributed by atoms with E-state index in [1.54, 1.807) is 0 Å². The maximum Gasteiger partial charge on any atom is 0.217 e. The van der Waals surface area contributed by atoms with Crippen molar-refractivity contribution < 1.29 is 4.74 Å². The fourth-order valence-corrected chi connectivity index (χ4v) is 1.99. The Labute approximate surface area is 91.7 Å². The molecule has 2 nitrogen and oxygen atoms in total. The van der Waals surface area contributed by atoms with Crippen molar-refractivity contribution in [1.29, 1.82) is 0 Å². The molecular formula is C13H19NO. The molecule has 1 saturated carbocycles. The summed E-state index contributed by atoms with van der Waals surface area (Å²) < 4.78 is 5.91. The molecule has 1 aliphatic carbocycles. The summed E-state index contributed by atoms with van der Waals surface area (Å²) in [7, 11) is 0. The highest BCUT2D eigenvalue weighted by molar-refractivity contribution is 5.36. The first-order chi connectivity index (χ1) is 7.18. The monoisotopic (exact) mass is 205 g/mol. The Morgan fingerprint density at radius 2 is 2.13 bits per heavy atom. The van der Waals surface area contributed by atoms with Gasteiger partial charge in [0.25, 0.3) is 0 Å². The fraction of sp³-hybridized carbons (Fsp3) is 0.615. The van der Waals surface area contributed by atoms with Crippen molar-refractivity contribution in [3.8, 4) is 5.88 Å². The molecule has 0 aromatic carbocycles. The van der Waals surface area contributed by atoms with Crippen LogP contribution in [0.2, 0.25) is 0 Å².